The van der Waals surface area contributed by atoms with Crippen molar-refractivity contribution in [1.82, 2.24) is 4.90 Å². The average molecular weight is 368 g/mol. The molecule has 134 valence electrons. The molecule has 26 heavy (non-hydrogen) atoms. The van der Waals surface area contributed by atoms with Gasteiger partial charge in [-0.2, -0.15) is 0 Å². The minimum atomic E-state index is -0.303. The van der Waals surface area contributed by atoms with Crippen LogP contribution in [0.4, 0.5) is 10.5 Å². The van der Waals surface area contributed by atoms with E-state index in [9.17, 15) is 9.59 Å². The second-order valence-corrected chi connectivity index (χ2v) is 7.00. The minimum absolute atomic E-state index is 0.137. The molecule has 0 aromatic heterocycles. The number of aryl methyl sites for hydroxylation is 2. The normalized spacial score (nSPS) is 15.7. The molecule has 1 heterocycles. The molecule has 0 spiro atoms. The number of thioether (sulfide) groups is 1. The molecule has 0 bridgehead atoms. The van der Waals surface area contributed by atoms with Gasteiger partial charge >= 0.3 is 0 Å². The Morgan fingerprint density at radius 2 is 1.92 bits per heavy atom. The number of methoxy groups -OCH3 is 1. The highest BCUT2D eigenvalue weighted by Crippen LogP contribution is 2.33. The summed E-state index contributed by atoms with van der Waals surface area (Å²) in [5.74, 6) is 0.357. The first-order valence-corrected chi connectivity index (χ1v) is 9.01. The quantitative estimate of drug-likeness (QED) is 0.792. The molecule has 2 aromatic carbocycles. The van der Waals surface area contributed by atoms with Crippen molar-refractivity contribution >= 4 is 34.7 Å². The lowest BCUT2D eigenvalue weighted by Gasteiger charge is -2.16. The lowest BCUT2D eigenvalue weighted by Crippen LogP contribution is -2.33. The number of hydrogen-bond acceptors (Lipinski definition) is 5. The molecule has 3 rings (SSSR count). The molecule has 0 aliphatic carbocycles. The molecule has 1 aliphatic rings. The zero-order valence-electron chi connectivity index (χ0n) is 14.9. The predicted octanol–water partition coefficient (Wildman–Crippen LogP) is 4.42. The molecular weight excluding hydrogens is 348 g/mol. The summed E-state index contributed by atoms with van der Waals surface area (Å²) in [7, 11) is 1.58. The van der Waals surface area contributed by atoms with Gasteiger partial charge in [0, 0.05) is 11.3 Å². The highest BCUT2D eigenvalue weighted by Gasteiger charge is 2.35. The van der Waals surface area contributed by atoms with Crippen LogP contribution in [0.25, 0.3) is 6.08 Å². The van der Waals surface area contributed by atoms with Crippen molar-refractivity contribution in [1.29, 1.82) is 0 Å². The molecule has 1 fully saturated rings. The fraction of sp³-hybridized carbons (Fsp3) is 0.200. The molecule has 0 radical (unpaired) electrons. The van der Waals surface area contributed by atoms with Crippen molar-refractivity contribution in [2.75, 3.05) is 19.1 Å². The number of nitrogens with one attached hydrogen (secondary N) is 1. The molecule has 1 N–H and O–H groups in total. The Kier molecular flexibility index (Phi) is 5.32. The van der Waals surface area contributed by atoms with Crippen LogP contribution < -0.4 is 10.1 Å². The van der Waals surface area contributed by atoms with Crippen molar-refractivity contribution in [2.45, 2.75) is 13.8 Å². The summed E-state index contributed by atoms with van der Waals surface area (Å²) >= 11 is 0.941. The van der Waals surface area contributed by atoms with Crippen LogP contribution in [0.2, 0.25) is 0 Å². The Labute approximate surface area is 157 Å². The fourth-order valence-electron chi connectivity index (χ4n) is 2.74. The number of nitrogens with zero attached hydrogens (tertiary/aromatic N) is 1. The first kappa shape index (κ1) is 18.1. The highest BCUT2D eigenvalue weighted by molar-refractivity contribution is 8.18. The smallest absolute Gasteiger partial charge is 0.295 e. The third-order valence-corrected chi connectivity index (χ3v) is 5.02. The summed E-state index contributed by atoms with van der Waals surface area (Å²) in [6, 6.07) is 13.4. The second-order valence-electron chi connectivity index (χ2n) is 6.00. The summed E-state index contributed by atoms with van der Waals surface area (Å²) < 4.78 is 5.30. The highest BCUT2D eigenvalue weighted by atomic mass is 32.2. The number of anilines is 1. The SMILES string of the molecule is COc1ccccc1C=C1SC(=O)N(CNc2ccc(C)cc2C)C1=O. The Balaban J connectivity index is 1.75. The molecule has 0 atom stereocenters. The number of hydrogen-bond donors (Lipinski definition) is 1. The van der Waals surface area contributed by atoms with Crippen LogP contribution in [0, 0.1) is 13.8 Å². The van der Waals surface area contributed by atoms with E-state index in [-0.39, 0.29) is 17.8 Å². The number of carbonyl (C=O) groups excluding carboxylic acids is 2. The lowest BCUT2D eigenvalue weighted by atomic mass is 10.1. The maximum Gasteiger partial charge on any atom is 0.295 e. The largest absolute Gasteiger partial charge is 0.496 e. The monoisotopic (exact) mass is 368 g/mol. The molecule has 1 aliphatic heterocycles. The molecule has 2 aromatic rings. The number of amides is 2. The van der Waals surface area contributed by atoms with Crippen LogP contribution in [0.5, 0.6) is 5.75 Å². The summed E-state index contributed by atoms with van der Waals surface area (Å²) in [5.41, 5.74) is 3.91. The number of rotatable bonds is 5. The molecule has 6 heteroatoms. The van der Waals surface area contributed by atoms with E-state index in [0.717, 1.165) is 28.6 Å². The van der Waals surface area contributed by atoms with E-state index in [1.807, 2.05) is 50.2 Å². The van der Waals surface area contributed by atoms with Crippen LogP contribution in [-0.4, -0.2) is 29.8 Å². The maximum absolute atomic E-state index is 12.6. The van der Waals surface area contributed by atoms with E-state index in [1.54, 1.807) is 13.2 Å². The zero-order chi connectivity index (χ0) is 18.7. The third kappa shape index (κ3) is 3.75. The van der Waals surface area contributed by atoms with Gasteiger partial charge in [-0.05, 0) is 49.4 Å². The van der Waals surface area contributed by atoms with Gasteiger partial charge in [-0.1, -0.05) is 35.9 Å². The molecule has 0 unspecified atom stereocenters. The number of para-hydroxylation sites is 1. The van der Waals surface area contributed by atoms with Crippen molar-refractivity contribution in [3.63, 3.8) is 0 Å². The number of benzene rings is 2. The Morgan fingerprint density at radius 3 is 2.65 bits per heavy atom. The minimum Gasteiger partial charge on any atom is -0.496 e. The van der Waals surface area contributed by atoms with Gasteiger partial charge in [0.15, 0.2) is 0 Å². The van der Waals surface area contributed by atoms with Gasteiger partial charge in [-0.15, -0.1) is 0 Å². The standard InChI is InChI=1S/C20H20N2O3S/c1-13-8-9-16(14(2)10-13)21-12-22-19(23)18(26-20(22)24)11-15-6-4-5-7-17(15)25-3/h4-11,21H,12H2,1-3H3. The summed E-state index contributed by atoms with van der Waals surface area (Å²) in [5, 5.41) is 2.89. The third-order valence-electron chi connectivity index (χ3n) is 4.11. The first-order valence-electron chi connectivity index (χ1n) is 8.19. The van der Waals surface area contributed by atoms with Crippen molar-refractivity contribution < 1.29 is 14.3 Å². The van der Waals surface area contributed by atoms with Gasteiger partial charge in [-0.3, -0.25) is 14.5 Å². The van der Waals surface area contributed by atoms with Crippen molar-refractivity contribution in [3.05, 3.63) is 64.1 Å². The second kappa shape index (κ2) is 7.66. The number of ether oxygens (including phenoxy) is 1. The van der Waals surface area contributed by atoms with E-state index in [0.29, 0.717) is 10.7 Å². The van der Waals surface area contributed by atoms with Gasteiger partial charge in [0.1, 0.15) is 5.75 Å². The van der Waals surface area contributed by atoms with Crippen LogP contribution in [0.1, 0.15) is 16.7 Å². The van der Waals surface area contributed by atoms with E-state index in [1.165, 1.54) is 10.5 Å². The van der Waals surface area contributed by atoms with E-state index in [2.05, 4.69) is 11.4 Å². The molecule has 0 saturated carbocycles. The van der Waals surface area contributed by atoms with Crippen LogP contribution in [0.15, 0.2) is 47.4 Å². The molecule has 5 nitrogen and oxygen atoms in total. The van der Waals surface area contributed by atoms with Crippen molar-refractivity contribution in [3.8, 4) is 5.75 Å². The van der Waals surface area contributed by atoms with Crippen LogP contribution >= 0.6 is 11.8 Å². The van der Waals surface area contributed by atoms with Gasteiger partial charge in [0.05, 0.1) is 18.7 Å². The van der Waals surface area contributed by atoms with Gasteiger partial charge in [0.25, 0.3) is 11.1 Å². The van der Waals surface area contributed by atoms with Gasteiger partial charge in [0.2, 0.25) is 0 Å². The Hall–Kier alpha value is -2.73. The lowest BCUT2D eigenvalue weighted by molar-refractivity contribution is -0.122. The Morgan fingerprint density at radius 1 is 1.15 bits per heavy atom. The Bertz CT molecular complexity index is 892. The zero-order valence-corrected chi connectivity index (χ0v) is 15.7. The van der Waals surface area contributed by atoms with Crippen molar-refractivity contribution in [2.24, 2.45) is 0 Å². The summed E-state index contributed by atoms with van der Waals surface area (Å²) in [4.78, 5) is 26.5. The first-order chi connectivity index (χ1) is 12.5. The number of carbonyl (C=O) groups is 2. The van der Waals surface area contributed by atoms with Crippen LogP contribution in [-0.2, 0) is 4.79 Å². The van der Waals surface area contributed by atoms with Gasteiger partial charge in [-0.25, -0.2) is 0 Å². The maximum atomic E-state index is 12.6. The van der Waals surface area contributed by atoms with Crippen LogP contribution in [0.3, 0.4) is 0 Å². The fourth-order valence-corrected chi connectivity index (χ4v) is 3.57. The van der Waals surface area contributed by atoms with E-state index in [4.69, 9.17) is 4.74 Å². The summed E-state index contributed by atoms with van der Waals surface area (Å²) in [6.45, 7) is 4.15. The van der Waals surface area contributed by atoms with E-state index < -0.39 is 0 Å². The molecular formula is C20H20N2O3S. The number of imide groups is 1. The van der Waals surface area contributed by atoms with E-state index >= 15 is 0 Å². The molecule has 1 saturated heterocycles. The predicted molar refractivity (Wildman–Crippen MR) is 105 cm³/mol. The topological polar surface area (TPSA) is 58.6 Å². The summed E-state index contributed by atoms with van der Waals surface area (Å²) in [6.07, 6.45) is 1.70. The molecule has 2 amide bonds. The van der Waals surface area contributed by atoms with Gasteiger partial charge < -0.3 is 10.1 Å². The average Bonchev–Trinajstić information content (AvgIpc) is 2.88.